The van der Waals surface area contributed by atoms with Gasteiger partial charge in [-0.15, -0.1) is 0 Å². The lowest BCUT2D eigenvalue weighted by molar-refractivity contribution is 0.171. The Morgan fingerprint density at radius 2 is 1.86 bits per heavy atom. The number of halogens is 2. The topological polar surface area (TPSA) is 43.6 Å². The maximum atomic E-state index is 5.58. The second-order valence-corrected chi connectivity index (χ2v) is 6.31. The van der Waals surface area contributed by atoms with Crippen LogP contribution in [-0.2, 0) is 13.0 Å². The number of hydrogen-bond acceptors (Lipinski definition) is 4. The highest BCUT2D eigenvalue weighted by Gasteiger charge is 2.11. The molecule has 0 fully saturated rings. The summed E-state index contributed by atoms with van der Waals surface area (Å²) in [6.07, 6.45) is 0.930. The van der Waals surface area contributed by atoms with E-state index >= 15 is 0 Å². The fourth-order valence-corrected chi connectivity index (χ4v) is 2.82. The molecule has 4 nitrogen and oxygen atoms in total. The predicted octanol–water partition coefficient (Wildman–Crippen LogP) is 3.91. The number of ether oxygens (including phenoxy) is 2. The second-order valence-electron chi connectivity index (χ2n) is 4.74. The van der Waals surface area contributed by atoms with E-state index < -0.39 is 0 Å². The van der Waals surface area contributed by atoms with Gasteiger partial charge in [-0.25, -0.2) is 0 Å². The summed E-state index contributed by atoms with van der Waals surface area (Å²) in [4.78, 5) is 0. The Morgan fingerprint density at radius 1 is 1.05 bits per heavy atom. The molecule has 112 valence electrons. The molecule has 0 radical (unpaired) electrons. The van der Waals surface area contributed by atoms with Gasteiger partial charge in [-0.05, 0) is 68.6 Å². The molecule has 0 bridgehead atoms. The van der Waals surface area contributed by atoms with Crippen molar-refractivity contribution < 1.29 is 13.9 Å². The van der Waals surface area contributed by atoms with Crippen LogP contribution in [0.5, 0.6) is 11.5 Å². The summed E-state index contributed by atoms with van der Waals surface area (Å²) < 4.78 is 18.3. The summed E-state index contributed by atoms with van der Waals surface area (Å²) in [6, 6.07) is 8.07. The lowest BCUT2D eigenvalue weighted by Gasteiger charge is -2.18. The largest absolute Gasteiger partial charge is 0.486 e. The van der Waals surface area contributed by atoms with Crippen molar-refractivity contribution in [3.63, 3.8) is 0 Å². The summed E-state index contributed by atoms with van der Waals surface area (Å²) in [6.45, 7) is 2.82. The molecule has 0 saturated heterocycles. The minimum atomic E-state index is 0.622. The highest BCUT2D eigenvalue weighted by molar-refractivity contribution is 9.13. The first-order chi connectivity index (χ1) is 10.2. The first kappa shape index (κ1) is 14.9. The third-order valence-corrected chi connectivity index (χ3v) is 4.90. The van der Waals surface area contributed by atoms with E-state index in [2.05, 4.69) is 49.3 Å². The summed E-state index contributed by atoms with van der Waals surface area (Å²) in [5, 5.41) is 3.36. The van der Waals surface area contributed by atoms with Crippen molar-refractivity contribution >= 4 is 31.9 Å². The molecule has 21 heavy (non-hydrogen) atoms. The van der Waals surface area contributed by atoms with Crippen molar-refractivity contribution in [2.45, 2.75) is 13.0 Å². The monoisotopic (exact) mass is 415 g/mol. The number of benzene rings is 1. The highest BCUT2D eigenvalue weighted by atomic mass is 79.9. The van der Waals surface area contributed by atoms with Gasteiger partial charge in [0.25, 0.3) is 0 Å². The molecular weight excluding hydrogens is 402 g/mol. The maximum Gasteiger partial charge on any atom is 0.183 e. The smallest absolute Gasteiger partial charge is 0.183 e. The van der Waals surface area contributed by atoms with Gasteiger partial charge in [0, 0.05) is 0 Å². The number of hydrogen-bond donors (Lipinski definition) is 1. The van der Waals surface area contributed by atoms with E-state index in [9.17, 15) is 0 Å². The minimum Gasteiger partial charge on any atom is -0.486 e. The molecular formula is C15H15Br2NO3. The van der Waals surface area contributed by atoms with Crippen molar-refractivity contribution in [3.8, 4) is 11.5 Å². The quantitative estimate of drug-likeness (QED) is 0.750. The van der Waals surface area contributed by atoms with Gasteiger partial charge < -0.3 is 19.2 Å². The van der Waals surface area contributed by atoms with Gasteiger partial charge in [-0.2, -0.15) is 0 Å². The first-order valence-electron chi connectivity index (χ1n) is 6.75. The molecule has 1 aromatic carbocycles. The predicted molar refractivity (Wildman–Crippen MR) is 87.0 cm³/mol. The van der Waals surface area contributed by atoms with Crippen molar-refractivity contribution in [3.05, 3.63) is 44.7 Å². The van der Waals surface area contributed by atoms with Crippen LogP contribution >= 0.6 is 31.9 Å². The van der Waals surface area contributed by atoms with E-state index in [4.69, 9.17) is 13.9 Å². The number of nitrogens with one attached hydrogen (secondary N) is 1. The van der Waals surface area contributed by atoms with E-state index in [-0.39, 0.29) is 0 Å². The molecule has 0 unspecified atom stereocenters. The average Bonchev–Trinajstić information content (AvgIpc) is 2.82. The number of fused-ring (bicyclic) bond motifs is 1. The SMILES string of the molecule is Brc1cc(CNCCc2ccc3c(c2)OCCO3)oc1Br. The molecule has 2 heterocycles. The van der Waals surface area contributed by atoms with Crippen LogP contribution in [0.1, 0.15) is 11.3 Å². The van der Waals surface area contributed by atoms with Gasteiger partial charge >= 0.3 is 0 Å². The van der Waals surface area contributed by atoms with E-state index in [0.717, 1.165) is 39.4 Å². The third kappa shape index (κ3) is 3.81. The maximum absolute atomic E-state index is 5.58. The lowest BCUT2D eigenvalue weighted by atomic mass is 10.1. The summed E-state index contributed by atoms with van der Waals surface area (Å²) >= 11 is 6.73. The van der Waals surface area contributed by atoms with Crippen LogP contribution in [0.2, 0.25) is 0 Å². The van der Waals surface area contributed by atoms with Crippen LogP contribution in [0, 0.1) is 0 Å². The van der Waals surface area contributed by atoms with Crippen molar-refractivity contribution in [2.24, 2.45) is 0 Å². The summed E-state index contributed by atoms with van der Waals surface area (Å²) in [7, 11) is 0. The molecule has 1 N–H and O–H groups in total. The number of furan rings is 1. The van der Waals surface area contributed by atoms with E-state index in [1.165, 1.54) is 5.56 Å². The Balaban J connectivity index is 1.49. The minimum absolute atomic E-state index is 0.622. The Morgan fingerprint density at radius 3 is 2.62 bits per heavy atom. The Kier molecular flexibility index (Phi) is 4.87. The molecule has 6 heteroatoms. The van der Waals surface area contributed by atoms with Crippen molar-refractivity contribution in [2.75, 3.05) is 19.8 Å². The lowest BCUT2D eigenvalue weighted by Crippen LogP contribution is -2.17. The normalized spacial score (nSPS) is 13.4. The molecule has 0 spiro atoms. The number of rotatable bonds is 5. The molecule has 0 saturated carbocycles. The van der Waals surface area contributed by atoms with Gasteiger partial charge in [-0.1, -0.05) is 6.07 Å². The Labute approximate surface area is 140 Å². The van der Waals surface area contributed by atoms with Crippen LogP contribution in [0.3, 0.4) is 0 Å². The average molecular weight is 417 g/mol. The van der Waals surface area contributed by atoms with Crippen LogP contribution in [0.25, 0.3) is 0 Å². The Hall–Kier alpha value is -0.980. The first-order valence-corrected chi connectivity index (χ1v) is 8.34. The second kappa shape index (κ2) is 6.85. The van der Waals surface area contributed by atoms with Crippen LogP contribution in [-0.4, -0.2) is 19.8 Å². The summed E-state index contributed by atoms with van der Waals surface area (Å²) in [5.74, 6) is 2.58. The van der Waals surface area contributed by atoms with Crippen molar-refractivity contribution in [1.82, 2.24) is 5.32 Å². The molecule has 0 aliphatic carbocycles. The van der Waals surface area contributed by atoms with Gasteiger partial charge in [-0.3, -0.25) is 0 Å². The molecule has 3 rings (SSSR count). The van der Waals surface area contributed by atoms with Gasteiger partial charge in [0.15, 0.2) is 16.2 Å². The van der Waals surface area contributed by atoms with Gasteiger partial charge in [0.1, 0.15) is 19.0 Å². The fraction of sp³-hybridized carbons (Fsp3) is 0.333. The van der Waals surface area contributed by atoms with Crippen LogP contribution in [0.4, 0.5) is 0 Å². The zero-order valence-corrected chi connectivity index (χ0v) is 14.5. The molecule has 2 aromatic rings. The standard InChI is InChI=1S/C15H15Br2NO3/c16-12-8-11(21-15(12)17)9-18-4-3-10-1-2-13-14(7-10)20-6-5-19-13/h1-2,7-8,18H,3-6,9H2. The zero-order chi connectivity index (χ0) is 14.7. The van der Waals surface area contributed by atoms with Crippen LogP contribution in [0.15, 0.2) is 37.8 Å². The van der Waals surface area contributed by atoms with Crippen molar-refractivity contribution in [1.29, 1.82) is 0 Å². The molecule has 1 aliphatic rings. The van der Waals surface area contributed by atoms with Gasteiger partial charge in [0.05, 0.1) is 11.0 Å². The molecule has 1 aliphatic heterocycles. The Bertz CT molecular complexity index is 608. The third-order valence-electron chi connectivity index (χ3n) is 3.19. The molecule has 0 amide bonds. The molecule has 0 atom stereocenters. The van der Waals surface area contributed by atoms with E-state index in [1.54, 1.807) is 0 Å². The van der Waals surface area contributed by atoms with E-state index in [1.807, 2.05) is 12.1 Å². The summed E-state index contributed by atoms with van der Waals surface area (Å²) in [5.41, 5.74) is 1.23. The van der Waals surface area contributed by atoms with Gasteiger partial charge in [0.2, 0.25) is 0 Å². The molecule has 1 aromatic heterocycles. The zero-order valence-electron chi connectivity index (χ0n) is 11.3. The van der Waals surface area contributed by atoms with Crippen LogP contribution < -0.4 is 14.8 Å². The fourth-order valence-electron chi connectivity index (χ4n) is 2.17. The van der Waals surface area contributed by atoms with E-state index in [0.29, 0.717) is 19.8 Å². The highest BCUT2D eigenvalue weighted by Crippen LogP contribution is 2.30.